The molecule has 1 aromatic rings. The SMILES string of the molecule is COc1ccc2c3c1O[C@@H]1[C@]34CCN(C)[C@H](C2)[C@@H]4C=C[C@@]1(O)C(=O)C(F)(F)C(F)(F)F. The number of ether oxygens (including phenoxy) is 2. The van der Waals surface area contributed by atoms with Crippen molar-refractivity contribution in [2.75, 3.05) is 20.7 Å². The molecule has 2 aliphatic heterocycles. The molecule has 0 aromatic heterocycles. The molecule has 10 heteroatoms. The monoisotopic (exact) mass is 445 g/mol. The van der Waals surface area contributed by atoms with E-state index in [1.807, 2.05) is 13.1 Å². The molecule has 31 heavy (non-hydrogen) atoms. The molecule has 4 aliphatic rings. The fourth-order valence-electron chi connectivity index (χ4n) is 6.03. The molecule has 2 heterocycles. The number of ketones is 1. The number of carbonyl (C=O) groups is 1. The molecule has 168 valence electrons. The van der Waals surface area contributed by atoms with Gasteiger partial charge in [0.15, 0.2) is 17.1 Å². The molecule has 1 saturated heterocycles. The Labute approximate surface area is 174 Å². The van der Waals surface area contributed by atoms with Gasteiger partial charge in [-0.25, -0.2) is 0 Å². The van der Waals surface area contributed by atoms with Crippen LogP contribution >= 0.6 is 0 Å². The molecule has 5 nitrogen and oxygen atoms in total. The lowest BCUT2D eigenvalue weighted by molar-refractivity contribution is -0.276. The third-order valence-corrected chi connectivity index (χ3v) is 7.44. The van der Waals surface area contributed by atoms with Crippen LogP contribution in [0, 0.1) is 5.92 Å². The zero-order valence-electron chi connectivity index (χ0n) is 16.7. The van der Waals surface area contributed by atoms with Gasteiger partial charge in [0, 0.05) is 22.9 Å². The van der Waals surface area contributed by atoms with E-state index in [9.17, 15) is 31.9 Å². The zero-order valence-corrected chi connectivity index (χ0v) is 16.7. The maximum Gasteiger partial charge on any atom is 0.461 e. The van der Waals surface area contributed by atoms with Crippen molar-refractivity contribution >= 4 is 5.78 Å². The van der Waals surface area contributed by atoms with Crippen molar-refractivity contribution in [3.63, 3.8) is 0 Å². The third kappa shape index (κ3) is 2.29. The lowest BCUT2D eigenvalue weighted by Gasteiger charge is -2.58. The topological polar surface area (TPSA) is 59.0 Å². The van der Waals surface area contributed by atoms with Crippen molar-refractivity contribution in [3.8, 4) is 11.5 Å². The third-order valence-electron chi connectivity index (χ3n) is 7.44. The standard InChI is InChI=1S/C21H20F5NO4/c1-27-8-7-18-11-5-6-19(29,16(28)20(22,23)21(24,25)26)17(18)31-15-13(30-2)4-3-10(14(15)18)9-12(11)27/h3-6,11-12,17,29H,7-9H2,1-2H3/t11-,12+,17+,18-,19+/m0/s1. The van der Waals surface area contributed by atoms with E-state index < -0.39 is 35.0 Å². The molecule has 2 bridgehead atoms. The van der Waals surface area contributed by atoms with Gasteiger partial charge in [0.05, 0.1) is 7.11 Å². The molecule has 5 rings (SSSR count). The summed E-state index contributed by atoms with van der Waals surface area (Å²) in [7, 11) is 3.29. The quantitative estimate of drug-likeness (QED) is 0.573. The molecule has 1 aromatic carbocycles. The summed E-state index contributed by atoms with van der Waals surface area (Å²) in [5.74, 6) is -8.22. The van der Waals surface area contributed by atoms with Gasteiger partial charge in [-0.2, -0.15) is 22.0 Å². The highest BCUT2D eigenvalue weighted by Crippen LogP contribution is 2.64. The summed E-state index contributed by atoms with van der Waals surface area (Å²) in [4.78, 5) is 14.7. The van der Waals surface area contributed by atoms with Gasteiger partial charge in [-0.3, -0.25) is 4.79 Å². The Morgan fingerprint density at radius 2 is 2.00 bits per heavy atom. The lowest BCUT2D eigenvalue weighted by atomic mass is 9.51. The first kappa shape index (κ1) is 20.7. The number of halogens is 5. The minimum absolute atomic E-state index is 0.0780. The van der Waals surface area contributed by atoms with Crippen LogP contribution in [0.2, 0.25) is 0 Å². The predicted molar refractivity (Wildman–Crippen MR) is 97.4 cm³/mol. The van der Waals surface area contributed by atoms with Crippen LogP contribution in [0.1, 0.15) is 17.5 Å². The van der Waals surface area contributed by atoms with Crippen LogP contribution in [0.5, 0.6) is 11.5 Å². The molecular formula is C21H20F5NO4. The predicted octanol–water partition coefficient (Wildman–Crippen LogP) is 2.64. The van der Waals surface area contributed by atoms with E-state index in [1.165, 1.54) is 13.2 Å². The Bertz CT molecular complexity index is 1010. The van der Waals surface area contributed by atoms with E-state index in [0.29, 0.717) is 24.9 Å². The Morgan fingerprint density at radius 3 is 2.65 bits per heavy atom. The number of piperidine rings is 1. The Kier molecular flexibility index (Phi) is 3.99. The van der Waals surface area contributed by atoms with Crippen molar-refractivity contribution in [2.45, 2.75) is 48.1 Å². The van der Waals surface area contributed by atoms with Crippen molar-refractivity contribution in [1.29, 1.82) is 0 Å². The van der Waals surface area contributed by atoms with Gasteiger partial charge in [-0.15, -0.1) is 0 Å². The second-order valence-electron chi connectivity index (χ2n) is 8.78. The van der Waals surface area contributed by atoms with Gasteiger partial charge in [-0.05, 0) is 44.1 Å². The highest BCUT2D eigenvalue weighted by molar-refractivity contribution is 5.97. The Balaban J connectivity index is 1.74. The first-order chi connectivity index (χ1) is 14.4. The van der Waals surface area contributed by atoms with Gasteiger partial charge in [0.1, 0.15) is 6.10 Å². The van der Waals surface area contributed by atoms with Crippen LogP contribution in [-0.2, 0) is 16.6 Å². The molecular weight excluding hydrogens is 425 g/mol. The van der Waals surface area contributed by atoms with E-state index in [0.717, 1.165) is 11.6 Å². The second-order valence-corrected chi connectivity index (χ2v) is 8.78. The average molecular weight is 445 g/mol. The molecule has 0 unspecified atom stereocenters. The van der Waals surface area contributed by atoms with Crippen molar-refractivity contribution in [3.05, 3.63) is 35.4 Å². The number of likely N-dealkylation sites (tertiary alicyclic amines) is 1. The summed E-state index contributed by atoms with van der Waals surface area (Å²) in [6, 6.07) is 3.37. The first-order valence-electron chi connectivity index (χ1n) is 9.88. The van der Waals surface area contributed by atoms with Crippen LogP contribution in [0.4, 0.5) is 22.0 Å². The van der Waals surface area contributed by atoms with Gasteiger partial charge in [0.2, 0.25) is 0 Å². The number of carbonyl (C=O) groups excluding carboxylic acids is 1. The number of likely N-dealkylation sites (N-methyl/N-ethyl adjacent to an activating group) is 1. The van der Waals surface area contributed by atoms with Crippen LogP contribution in [0.15, 0.2) is 24.3 Å². The zero-order chi connectivity index (χ0) is 22.6. The van der Waals surface area contributed by atoms with Gasteiger partial charge in [-0.1, -0.05) is 12.1 Å². The Morgan fingerprint density at radius 1 is 1.29 bits per heavy atom. The fourth-order valence-corrected chi connectivity index (χ4v) is 6.03. The molecule has 2 aliphatic carbocycles. The van der Waals surface area contributed by atoms with Crippen LogP contribution in [0.3, 0.4) is 0 Å². The molecule has 1 spiro atoms. The van der Waals surface area contributed by atoms with Gasteiger partial charge >= 0.3 is 12.1 Å². The van der Waals surface area contributed by atoms with Crippen LogP contribution < -0.4 is 9.47 Å². The maximum atomic E-state index is 14.1. The number of aliphatic hydroxyl groups is 1. The van der Waals surface area contributed by atoms with E-state index >= 15 is 0 Å². The number of hydrogen-bond donors (Lipinski definition) is 1. The molecule has 0 amide bonds. The number of Topliss-reactive ketones (excluding diaryl/α,β-unsaturated/α-hetero) is 1. The Hall–Kier alpha value is -2.20. The number of nitrogens with zero attached hydrogens (tertiary/aromatic N) is 1. The van der Waals surface area contributed by atoms with Gasteiger partial charge in [0.25, 0.3) is 5.78 Å². The summed E-state index contributed by atoms with van der Waals surface area (Å²) in [6.07, 6.45) is -4.64. The summed E-state index contributed by atoms with van der Waals surface area (Å²) in [6.45, 7) is 0.505. The minimum Gasteiger partial charge on any atom is -0.493 e. The van der Waals surface area contributed by atoms with Crippen molar-refractivity contribution in [1.82, 2.24) is 4.90 Å². The maximum absolute atomic E-state index is 14.1. The normalized spacial score (nSPS) is 36.1. The summed E-state index contributed by atoms with van der Waals surface area (Å²) in [5.41, 5.74) is -2.79. The number of methoxy groups -OCH3 is 1. The number of hydrogen-bond acceptors (Lipinski definition) is 5. The molecule has 0 radical (unpaired) electrons. The summed E-state index contributed by atoms with van der Waals surface area (Å²) in [5, 5.41) is 11.2. The highest BCUT2D eigenvalue weighted by Gasteiger charge is 2.75. The summed E-state index contributed by atoms with van der Waals surface area (Å²) >= 11 is 0. The second kappa shape index (κ2) is 5.98. The molecule has 5 atom stereocenters. The van der Waals surface area contributed by atoms with Crippen molar-refractivity contribution in [2.24, 2.45) is 5.92 Å². The van der Waals surface area contributed by atoms with E-state index in [4.69, 9.17) is 9.47 Å². The smallest absolute Gasteiger partial charge is 0.461 e. The fraction of sp³-hybridized carbons (Fsp3) is 0.571. The number of benzene rings is 1. The first-order valence-corrected chi connectivity index (χ1v) is 9.88. The van der Waals surface area contributed by atoms with Crippen molar-refractivity contribution < 1.29 is 41.3 Å². The van der Waals surface area contributed by atoms with Crippen LogP contribution in [0.25, 0.3) is 0 Å². The van der Waals surface area contributed by atoms with E-state index in [2.05, 4.69) is 4.90 Å². The number of alkyl halides is 5. The highest BCUT2D eigenvalue weighted by atomic mass is 19.4. The molecule has 0 saturated carbocycles. The number of rotatable bonds is 3. The van der Waals surface area contributed by atoms with Crippen LogP contribution in [-0.4, -0.2) is 66.3 Å². The lowest BCUT2D eigenvalue weighted by Crippen LogP contribution is -2.71. The summed E-state index contributed by atoms with van der Waals surface area (Å²) < 4.78 is 78.5. The average Bonchev–Trinajstić information content (AvgIpc) is 3.06. The largest absolute Gasteiger partial charge is 0.493 e. The minimum atomic E-state index is -6.14. The van der Waals surface area contributed by atoms with E-state index in [1.54, 1.807) is 6.07 Å². The molecule has 1 N–H and O–H groups in total. The molecule has 1 fully saturated rings. The van der Waals surface area contributed by atoms with E-state index in [-0.39, 0.29) is 23.5 Å². The van der Waals surface area contributed by atoms with Gasteiger partial charge < -0.3 is 19.5 Å².